The van der Waals surface area contributed by atoms with Crippen LogP contribution in [0, 0.1) is 6.92 Å². The molecule has 1 aliphatic carbocycles. The first-order valence-corrected chi connectivity index (χ1v) is 7.47. The lowest BCUT2D eigenvalue weighted by Crippen LogP contribution is -2.32. The molecule has 0 aromatic carbocycles. The molecule has 4 nitrogen and oxygen atoms in total. The number of aryl methyl sites for hydroxylation is 1. The molecule has 1 aliphatic rings. The molecule has 16 heavy (non-hydrogen) atoms. The average molecular weight is 279 g/mol. The van der Waals surface area contributed by atoms with Crippen LogP contribution in [0.5, 0.6) is 0 Å². The Morgan fingerprint density at radius 2 is 2.12 bits per heavy atom. The Morgan fingerprint density at radius 3 is 2.62 bits per heavy atom. The maximum absolute atomic E-state index is 12.0. The van der Waals surface area contributed by atoms with Crippen molar-refractivity contribution in [2.45, 2.75) is 30.0 Å². The molecular formula is C9H11ClN2O2S2. The van der Waals surface area contributed by atoms with Gasteiger partial charge in [0.05, 0.1) is 5.69 Å². The predicted molar refractivity (Wildman–Crippen MR) is 64.3 cm³/mol. The lowest BCUT2D eigenvalue weighted by atomic mass is 10.3. The van der Waals surface area contributed by atoms with Crippen LogP contribution in [0.3, 0.4) is 0 Å². The zero-order chi connectivity index (χ0) is 11.8. The molecule has 0 radical (unpaired) electrons. The van der Waals surface area contributed by atoms with E-state index in [1.54, 1.807) is 6.92 Å². The molecule has 1 heterocycles. The van der Waals surface area contributed by atoms with E-state index in [4.69, 9.17) is 11.6 Å². The molecule has 0 atom stereocenters. The van der Waals surface area contributed by atoms with E-state index < -0.39 is 10.0 Å². The predicted octanol–water partition coefficient (Wildman–Crippen LogP) is 2.10. The topological polar surface area (TPSA) is 59.1 Å². The summed E-state index contributed by atoms with van der Waals surface area (Å²) in [6.07, 6.45) is 5.43. The van der Waals surface area contributed by atoms with Gasteiger partial charge in [0.15, 0.2) is 8.68 Å². The monoisotopic (exact) mass is 278 g/mol. The van der Waals surface area contributed by atoms with Crippen molar-refractivity contribution in [3.63, 3.8) is 0 Å². The largest absolute Gasteiger partial charge is 0.252 e. The Morgan fingerprint density at radius 1 is 1.50 bits per heavy atom. The fraction of sp³-hybridized carbons (Fsp3) is 0.444. The molecule has 0 unspecified atom stereocenters. The maximum atomic E-state index is 12.0. The first-order chi connectivity index (χ1) is 7.49. The Kier molecular flexibility index (Phi) is 3.34. The summed E-state index contributed by atoms with van der Waals surface area (Å²) in [6, 6.07) is -0.0368. The number of hydrogen-bond acceptors (Lipinski definition) is 4. The highest BCUT2D eigenvalue weighted by molar-refractivity contribution is 7.91. The quantitative estimate of drug-likeness (QED) is 0.862. The molecule has 1 aromatic heterocycles. The van der Waals surface area contributed by atoms with E-state index in [0.717, 1.165) is 24.2 Å². The van der Waals surface area contributed by atoms with Crippen molar-refractivity contribution in [1.82, 2.24) is 9.71 Å². The molecule has 88 valence electrons. The molecule has 0 fully saturated rings. The van der Waals surface area contributed by atoms with Crippen molar-refractivity contribution in [3.8, 4) is 0 Å². The number of nitrogens with zero attached hydrogens (tertiary/aromatic N) is 1. The Balaban J connectivity index is 2.21. The van der Waals surface area contributed by atoms with E-state index in [2.05, 4.69) is 9.71 Å². The van der Waals surface area contributed by atoms with Crippen molar-refractivity contribution >= 4 is 33.0 Å². The molecule has 2 rings (SSSR count). The van der Waals surface area contributed by atoms with E-state index >= 15 is 0 Å². The summed E-state index contributed by atoms with van der Waals surface area (Å²) in [6.45, 7) is 1.64. The second-order valence-electron chi connectivity index (χ2n) is 3.60. The Bertz CT molecular complexity index is 514. The summed E-state index contributed by atoms with van der Waals surface area (Å²) in [5, 5.41) is 0. The normalized spacial score (nSPS) is 17.1. The van der Waals surface area contributed by atoms with Gasteiger partial charge in [0.25, 0.3) is 10.0 Å². The molecule has 1 N–H and O–H groups in total. The van der Waals surface area contributed by atoms with Crippen molar-refractivity contribution in [3.05, 3.63) is 22.3 Å². The minimum Gasteiger partial charge on any atom is -0.229 e. The van der Waals surface area contributed by atoms with Crippen LogP contribution in [0.15, 0.2) is 16.4 Å². The lowest BCUT2D eigenvalue weighted by Gasteiger charge is -2.11. The van der Waals surface area contributed by atoms with Crippen LogP contribution in [0.1, 0.15) is 18.5 Å². The van der Waals surface area contributed by atoms with Crippen molar-refractivity contribution < 1.29 is 8.42 Å². The van der Waals surface area contributed by atoms with Crippen LogP contribution in [0.4, 0.5) is 0 Å². The number of hydrogen-bond donors (Lipinski definition) is 1. The fourth-order valence-electron chi connectivity index (χ4n) is 1.59. The molecular weight excluding hydrogens is 268 g/mol. The number of halogens is 1. The highest BCUT2D eigenvalue weighted by Gasteiger charge is 2.25. The second-order valence-corrected chi connectivity index (χ2v) is 7.09. The first kappa shape index (κ1) is 12.0. The van der Waals surface area contributed by atoms with Crippen LogP contribution in [0.2, 0.25) is 4.47 Å². The van der Waals surface area contributed by atoms with E-state index in [-0.39, 0.29) is 14.7 Å². The van der Waals surface area contributed by atoms with Crippen LogP contribution in [0.25, 0.3) is 0 Å². The van der Waals surface area contributed by atoms with Gasteiger partial charge in [0, 0.05) is 6.04 Å². The SMILES string of the molecule is Cc1nc(Cl)sc1S(=O)(=O)NC1CC=CC1. The zero-order valence-electron chi connectivity index (χ0n) is 8.60. The molecule has 0 spiro atoms. The third kappa shape index (κ3) is 2.45. The van der Waals surface area contributed by atoms with Crippen LogP contribution in [-0.4, -0.2) is 19.4 Å². The standard InChI is InChI=1S/C9H11ClN2O2S2/c1-6-8(15-9(10)11-6)16(13,14)12-7-4-2-3-5-7/h2-3,7,12H,4-5H2,1H3. The van der Waals surface area contributed by atoms with Crippen LogP contribution in [-0.2, 0) is 10.0 Å². The van der Waals surface area contributed by atoms with E-state index in [1.807, 2.05) is 12.2 Å². The molecule has 0 saturated carbocycles. The smallest absolute Gasteiger partial charge is 0.229 e. The Hall–Kier alpha value is -0.430. The van der Waals surface area contributed by atoms with E-state index in [0.29, 0.717) is 5.69 Å². The third-order valence-electron chi connectivity index (χ3n) is 2.30. The number of sulfonamides is 1. The summed E-state index contributed by atoms with van der Waals surface area (Å²) >= 11 is 6.68. The number of aromatic nitrogens is 1. The van der Waals surface area contributed by atoms with Crippen molar-refractivity contribution in [2.75, 3.05) is 0 Å². The molecule has 1 aromatic rings. The Labute approximate surface area is 103 Å². The van der Waals surface area contributed by atoms with Crippen molar-refractivity contribution in [2.24, 2.45) is 0 Å². The maximum Gasteiger partial charge on any atom is 0.252 e. The number of rotatable bonds is 3. The van der Waals surface area contributed by atoms with Gasteiger partial charge in [-0.3, -0.25) is 0 Å². The lowest BCUT2D eigenvalue weighted by molar-refractivity contribution is 0.559. The van der Waals surface area contributed by atoms with E-state index in [1.165, 1.54) is 0 Å². The summed E-state index contributed by atoms with van der Waals surface area (Å²) < 4.78 is 27.1. The second kappa shape index (κ2) is 4.44. The van der Waals surface area contributed by atoms with Crippen molar-refractivity contribution in [1.29, 1.82) is 0 Å². The minimum atomic E-state index is -3.47. The van der Waals surface area contributed by atoms with Gasteiger partial charge in [0.2, 0.25) is 0 Å². The highest BCUT2D eigenvalue weighted by atomic mass is 35.5. The van der Waals surface area contributed by atoms with Gasteiger partial charge in [-0.15, -0.1) is 0 Å². The number of thiazole rings is 1. The summed E-state index contributed by atoms with van der Waals surface area (Å²) in [7, 11) is -3.47. The zero-order valence-corrected chi connectivity index (χ0v) is 11.0. The number of nitrogens with one attached hydrogen (secondary N) is 1. The third-order valence-corrected chi connectivity index (χ3v) is 5.69. The van der Waals surface area contributed by atoms with Gasteiger partial charge in [-0.05, 0) is 19.8 Å². The minimum absolute atomic E-state index is 0.0368. The van der Waals surface area contributed by atoms with Gasteiger partial charge >= 0.3 is 0 Å². The van der Waals surface area contributed by atoms with Gasteiger partial charge < -0.3 is 0 Å². The van der Waals surface area contributed by atoms with Gasteiger partial charge in [-0.25, -0.2) is 18.1 Å². The molecule has 0 bridgehead atoms. The first-order valence-electron chi connectivity index (χ1n) is 4.79. The molecule has 0 aliphatic heterocycles. The fourth-order valence-corrected chi connectivity index (χ4v) is 4.60. The van der Waals surface area contributed by atoms with E-state index in [9.17, 15) is 8.42 Å². The van der Waals surface area contributed by atoms with Crippen LogP contribution >= 0.6 is 22.9 Å². The molecule has 0 amide bonds. The van der Waals surface area contributed by atoms with Crippen LogP contribution < -0.4 is 4.72 Å². The molecule has 0 saturated heterocycles. The summed E-state index contributed by atoms with van der Waals surface area (Å²) in [5.74, 6) is 0. The summed E-state index contributed by atoms with van der Waals surface area (Å²) in [4.78, 5) is 3.90. The van der Waals surface area contributed by atoms with Gasteiger partial charge in [0.1, 0.15) is 0 Å². The van der Waals surface area contributed by atoms with Gasteiger partial charge in [-0.1, -0.05) is 35.1 Å². The molecule has 7 heteroatoms. The summed E-state index contributed by atoms with van der Waals surface area (Å²) in [5.41, 5.74) is 0.452. The average Bonchev–Trinajstić information content (AvgIpc) is 2.75. The van der Waals surface area contributed by atoms with Gasteiger partial charge in [-0.2, -0.15) is 0 Å². The highest BCUT2D eigenvalue weighted by Crippen LogP contribution is 2.27.